The molecule has 3 aromatic rings. The number of H-pyrrole nitrogens is 1. The maximum atomic E-state index is 13.7. The number of rotatable bonds is 6. The van der Waals surface area contributed by atoms with Crippen molar-refractivity contribution in [3.05, 3.63) is 53.7 Å². The number of amides is 1. The zero-order chi connectivity index (χ0) is 19.0. The quantitative estimate of drug-likeness (QED) is 0.698. The molecule has 27 heavy (non-hydrogen) atoms. The van der Waals surface area contributed by atoms with Gasteiger partial charge >= 0.3 is 0 Å². The fourth-order valence-electron chi connectivity index (χ4n) is 2.89. The lowest BCUT2D eigenvalue weighted by Gasteiger charge is -2.08. The lowest BCUT2D eigenvalue weighted by molar-refractivity contribution is -0.117. The Bertz CT molecular complexity index is 976. The number of aromatic nitrogens is 4. The van der Waals surface area contributed by atoms with Crippen molar-refractivity contribution in [2.24, 2.45) is 0 Å². The van der Waals surface area contributed by atoms with Crippen molar-refractivity contribution in [2.75, 3.05) is 12.4 Å². The van der Waals surface area contributed by atoms with E-state index in [2.05, 4.69) is 20.6 Å². The highest BCUT2D eigenvalue weighted by atomic mass is 19.1. The Morgan fingerprint density at radius 3 is 2.93 bits per heavy atom. The third-order valence-electron chi connectivity index (χ3n) is 4.72. The van der Waals surface area contributed by atoms with E-state index in [1.807, 2.05) is 6.07 Å². The molecule has 140 valence electrons. The molecular formula is C19H20FN5O2. The molecule has 0 saturated heterocycles. The largest absolute Gasteiger partial charge is 0.497 e. The zero-order valence-corrected chi connectivity index (χ0v) is 15.1. The van der Waals surface area contributed by atoms with Crippen LogP contribution in [0, 0.1) is 5.82 Å². The summed E-state index contributed by atoms with van der Waals surface area (Å²) in [4.78, 5) is 12.5. The van der Waals surface area contributed by atoms with Crippen LogP contribution >= 0.6 is 0 Å². The van der Waals surface area contributed by atoms with E-state index in [1.165, 1.54) is 23.9 Å². The van der Waals surface area contributed by atoms with Gasteiger partial charge in [0.2, 0.25) is 5.91 Å². The molecule has 8 heteroatoms. The highest BCUT2D eigenvalue weighted by molar-refractivity contribution is 5.94. The van der Waals surface area contributed by atoms with Gasteiger partial charge in [-0.05, 0) is 25.8 Å². The molecule has 0 spiro atoms. The molecule has 1 saturated carbocycles. The minimum absolute atomic E-state index is 0.180. The van der Waals surface area contributed by atoms with Crippen LogP contribution in [0.15, 0.2) is 36.7 Å². The molecule has 2 heterocycles. The first-order chi connectivity index (χ1) is 13.0. The van der Waals surface area contributed by atoms with Crippen molar-refractivity contribution in [2.45, 2.75) is 31.6 Å². The summed E-state index contributed by atoms with van der Waals surface area (Å²) in [5.74, 6) is 0.434. The summed E-state index contributed by atoms with van der Waals surface area (Å²) in [6, 6.07) is 6.20. The number of carbonyl (C=O) groups is 1. The predicted octanol–water partition coefficient (Wildman–Crippen LogP) is 3.36. The van der Waals surface area contributed by atoms with Gasteiger partial charge in [0.1, 0.15) is 11.6 Å². The number of carbonyl (C=O) groups excluding carboxylic acids is 1. The van der Waals surface area contributed by atoms with Crippen molar-refractivity contribution in [3.63, 3.8) is 0 Å². The van der Waals surface area contributed by atoms with Crippen LogP contribution in [0.4, 0.5) is 10.2 Å². The summed E-state index contributed by atoms with van der Waals surface area (Å²) in [6.07, 6.45) is 5.63. The molecule has 2 N–H and O–H groups in total. The molecular weight excluding hydrogens is 349 g/mol. The van der Waals surface area contributed by atoms with Gasteiger partial charge in [-0.1, -0.05) is 0 Å². The molecule has 1 unspecified atom stereocenters. The number of aromatic amines is 1. The molecule has 1 atom stereocenters. The molecule has 0 bridgehead atoms. The smallest absolute Gasteiger partial charge is 0.232 e. The second-order valence-corrected chi connectivity index (χ2v) is 6.76. The van der Waals surface area contributed by atoms with Gasteiger partial charge < -0.3 is 10.1 Å². The Labute approximate surface area is 155 Å². The third kappa shape index (κ3) is 3.69. The summed E-state index contributed by atoms with van der Waals surface area (Å²) in [5, 5.41) is 14.2. The molecule has 1 aliphatic carbocycles. The number of ether oxygens (including phenoxy) is 1. The van der Waals surface area contributed by atoms with Gasteiger partial charge in [-0.3, -0.25) is 9.89 Å². The highest BCUT2D eigenvalue weighted by Gasteiger charge is 2.26. The van der Waals surface area contributed by atoms with Crippen LogP contribution in [0.2, 0.25) is 0 Å². The molecule has 1 amide bonds. The van der Waals surface area contributed by atoms with Crippen LogP contribution in [-0.4, -0.2) is 33.0 Å². The Morgan fingerprint density at radius 2 is 2.19 bits per heavy atom. The van der Waals surface area contributed by atoms with E-state index in [9.17, 15) is 9.18 Å². The first-order valence-corrected chi connectivity index (χ1v) is 8.79. The topological polar surface area (TPSA) is 84.8 Å². The van der Waals surface area contributed by atoms with Gasteiger partial charge in [-0.25, -0.2) is 9.07 Å². The standard InChI is InChI=1S/C19H20FN5O2/c1-11(19(26)22-18-8-17(23-24-18)12-3-4-12)13-9-21-25(10-13)15-5-14(20)6-16(7-15)27-2/h5-12H,3-4H2,1-2H3,(H2,22,23,24,26). The molecule has 0 aliphatic heterocycles. The van der Waals surface area contributed by atoms with Crippen LogP contribution in [0.3, 0.4) is 0 Å². The Hall–Kier alpha value is -3.16. The number of hydrogen-bond donors (Lipinski definition) is 2. The minimum Gasteiger partial charge on any atom is -0.497 e. The monoisotopic (exact) mass is 369 g/mol. The number of methoxy groups -OCH3 is 1. The number of halogens is 1. The minimum atomic E-state index is -0.435. The molecule has 0 radical (unpaired) electrons. The van der Waals surface area contributed by atoms with Crippen LogP contribution in [0.25, 0.3) is 5.69 Å². The lowest BCUT2D eigenvalue weighted by atomic mass is 10.0. The Balaban J connectivity index is 1.48. The number of nitrogens with zero attached hydrogens (tertiary/aromatic N) is 3. The van der Waals surface area contributed by atoms with Gasteiger partial charge in [0, 0.05) is 41.6 Å². The average molecular weight is 369 g/mol. The summed E-state index contributed by atoms with van der Waals surface area (Å²) in [6.45, 7) is 1.79. The first-order valence-electron chi connectivity index (χ1n) is 8.79. The average Bonchev–Trinajstić information content (AvgIpc) is 3.20. The second-order valence-electron chi connectivity index (χ2n) is 6.76. The summed E-state index contributed by atoms with van der Waals surface area (Å²) in [5.41, 5.74) is 2.30. The Kier molecular flexibility index (Phi) is 4.39. The van der Waals surface area contributed by atoms with Gasteiger partial charge in [0.05, 0.1) is 24.9 Å². The van der Waals surface area contributed by atoms with E-state index in [0.717, 1.165) is 18.5 Å². The van der Waals surface area contributed by atoms with Crippen LogP contribution in [-0.2, 0) is 4.79 Å². The normalized spacial score (nSPS) is 14.8. The van der Waals surface area contributed by atoms with Crippen molar-refractivity contribution >= 4 is 11.7 Å². The van der Waals surface area contributed by atoms with Crippen molar-refractivity contribution in [3.8, 4) is 11.4 Å². The molecule has 7 nitrogen and oxygen atoms in total. The first kappa shape index (κ1) is 17.3. The molecule has 1 aliphatic rings. The lowest BCUT2D eigenvalue weighted by Crippen LogP contribution is -2.18. The summed E-state index contributed by atoms with van der Waals surface area (Å²) in [7, 11) is 1.48. The van der Waals surface area contributed by atoms with Crippen LogP contribution < -0.4 is 10.1 Å². The Morgan fingerprint density at radius 1 is 1.37 bits per heavy atom. The van der Waals surface area contributed by atoms with E-state index in [1.54, 1.807) is 25.4 Å². The second kappa shape index (κ2) is 6.86. The molecule has 1 aromatic carbocycles. The summed E-state index contributed by atoms with van der Waals surface area (Å²) >= 11 is 0. The van der Waals surface area contributed by atoms with E-state index in [-0.39, 0.29) is 5.91 Å². The van der Waals surface area contributed by atoms with Crippen LogP contribution in [0.1, 0.15) is 42.9 Å². The van der Waals surface area contributed by atoms with Crippen molar-refractivity contribution in [1.29, 1.82) is 0 Å². The van der Waals surface area contributed by atoms with Gasteiger partial charge in [-0.15, -0.1) is 0 Å². The van der Waals surface area contributed by atoms with Gasteiger partial charge in [0.15, 0.2) is 5.82 Å². The number of benzene rings is 1. The fourth-order valence-corrected chi connectivity index (χ4v) is 2.89. The van der Waals surface area contributed by atoms with E-state index in [4.69, 9.17) is 4.74 Å². The number of anilines is 1. The number of nitrogens with one attached hydrogen (secondary N) is 2. The molecule has 4 rings (SSSR count). The molecule has 1 fully saturated rings. The van der Waals surface area contributed by atoms with Crippen molar-refractivity contribution < 1.29 is 13.9 Å². The predicted molar refractivity (Wildman–Crippen MR) is 97.7 cm³/mol. The fraction of sp³-hybridized carbons (Fsp3) is 0.316. The molecule has 2 aromatic heterocycles. The maximum absolute atomic E-state index is 13.7. The summed E-state index contributed by atoms with van der Waals surface area (Å²) < 4.78 is 20.3. The van der Waals surface area contributed by atoms with Crippen LogP contribution in [0.5, 0.6) is 5.75 Å². The van der Waals surface area contributed by atoms with E-state index in [0.29, 0.717) is 28.7 Å². The SMILES string of the molecule is COc1cc(F)cc(-n2cc(C(C)C(=O)Nc3cc(C4CC4)[nH]n3)cn2)c1. The highest BCUT2D eigenvalue weighted by Crippen LogP contribution is 2.39. The maximum Gasteiger partial charge on any atom is 0.232 e. The van der Waals surface area contributed by atoms with E-state index < -0.39 is 11.7 Å². The zero-order valence-electron chi connectivity index (χ0n) is 15.1. The van der Waals surface area contributed by atoms with Gasteiger partial charge in [0.25, 0.3) is 0 Å². The third-order valence-corrected chi connectivity index (χ3v) is 4.72. The van der Waals surface area contributed by atoms with Crippen molar-refractivity contribution in [1.82, 2.24) is 20.0 Å². The van der Waals surface area contributed by atoms with E-state index >= 15 is 0 Å². The van der Waals surface area contributed by atoms with Gasteiger partial charge in [-0.2, -0.15) is 10.2 Å². The number of hydrogen-bond acceptors (Lipinski definition) is 4.